The van der Waals surface area contributed by atoms with E-state index in [0.29, 0.717) is 23.6 Å². The Morgan fingerprint density at radius 2 is 1.67 bits per heavy atom. The second-order valence-electron chi connectivity index (χ2n) is 8.62. The summed E-state index contributed by atoms with van der Waals surface area (Å²) in [5.74, 6) is 0.606. The summed E-state index contributed by atoms with van der Waals surface area (Å²) in [7, 11) is -0.597. The van der Waals surface area contributed by atoms with Crippen molar-refractivity contribution in [2.75, 3.05) is 7.11 Å². The first-order chi connectivity index (χ1) is 14.4. The van der Waals surface area contributed by atoms with Crippen molar-refractivity contribution in [2.24, 2.45) is 0 Å². The third kappa shape index (κ3) is 3.17. The normalized spacial score (nSPS) is 14.9. The van der Waals surface area contributed by atoms with Gasteiger partial charge in [0, 0.05) is 29.1 Å². The van der Waals surface area contributed by atoms with Crippen molar-refractivity contribution in [1.82, 2.24) is 9.97 Å². The van der Waals surface area contributed by atoms with Crippen molar-refractivity contribution >= 4 is 13.5 Å². The molecule has 3 heterocycles. The van der Waals surface area contributed by atoms with E-state index in [4.69, 9.17) is 14.1 Å². The van der Waals surface area contributed by atoms with Crippen LogP contribution in [-0.4, -0.2) is 25.4 Å². The van der Waals surface area contributed by atoms with Crippen molar-refractivity contribution in [1.29, 1.82) is 0 Å². The van der Waals surface area contributed by atoms with E-state index in [9.17, 15) is 0 Å². The molecule has 5 heteroatoms. The Bertz CT molecular complexity index is 1040. The van der Waals surface area contributed by atoms with Gasteiger partial charge in [0.15, 0.2) is 0 Å². The zero-order chi connectivity index (χ0) is 21.5. The molecule has 1 aromatic carbocycles. The summed E-state index contributed by atoms with van der Waals surface area (Å²) in [6.45, 7) is 12.1. The number of methoxy groups -OCH3 is 1. The smallest absolute Gasteiger partial charge is 0.230 e. The van der Waals surface area contributed by atoms with Crippen LogP contribution in [0.2, 0.25) is 11.1 Å². The number of rotatable bonds is 5. The molecule has 4 nitrogen and oxygen atoms in total. The van der Waals surface area contributed by atoms with E-state index in [2.05, 4.69) is 76.0 Å². The Labute approximate surface area is 180 Å². The fraction of sp³-hybridized carbons (Fsp3) is 0.360. The van der Waals surface area contributed by atoms with Gasteiger partial charge >= 0.3 is 0 Å². The van der Waals surface area contributed by atoms with Gasteiger partial charge in [-0.3, -0.25) is 4.98 Å². The van der Waals surface area contributed by atoms with Crippen LogP contribution in [0.15, 0.2) is 48.7 Å². The summed E-state index contributed by atoms with van der Waals surface area (Å²) in [6.07, 6.45) is 1.86. The molecule has 0 spiro atoms. The number of nitrogens with zero attached hydrogens (tertiary/aromatic N) is 2. The molecule has 0 unspecified atom stereocenters. The largest absolute Gasteiger partial charge is 0.481 e. The monoisotopic (exact) mass is 418 g/mol. The summed E-state index contributed by atoms with van der Waals surface area (Å²) in [5.41, 5.74) is 7.67. The first-order valence-electron chi connectivity index (χ1n) is 10.6. The summed E-state index contributed by atoms with van der Waals surface area (Å²) in [5, 5.41) is 1.43. The number of hydrogen-bond acceptors (Lipinski definition) is 4. The third-order valence-electron chi connectivity index (χ3n) is 6.35. The van der Waals surface area contributed by atoms with Crippen molar-refractivity contribution in [3.05, 3.63) is 59.9 Å². The minimum absolute atomic E-state index is 0.463. The van der Waals surface area contributed by atoms with Crippen molar-refractivity contribution in [2.45, 2.75) is 52.3 Å². The zero-order valence-electron chi connectivity index (χ0n) is 18.7. The predicted octanol–water partition coefficient (Wildman–Crippen LogP) is 5.63. The Hall–Kier alpha value is -2.50. The van der Waals surface area contributed by atoms with Crippen molar-refractivity contribution < 1.29 is 9.16 Å². The average molecular weight is 419 g/mol. The molecule has 0 bridgehead atoms. The van der Waals surface area contributed by atoms with E-state index in [-0.39, 0.29) is 0 Å². The maximum absolute atomic E-state index is 6.77. The minimum atomic E-state index is -2.23. The van der Waals surface area contributed by atoms with Crippen LogP contribution >= 0.6 is 0 Å². The topological polar surface area (TPSA) is 44.2 Å². The van der Waals surface area contributed by atoms with Crippen LogP contribution in [0.5, 0.6) is 5.88 Å². The van der Waals surface area contributed by atoms with Crippen molar-refractivity contribution in [3.63, 3.8) is 0 Å². The van der Waals surface area contributed by atoms with Gasteiger partial charge in [-0.15, -0.1) is 0 Å². The van der Waals surface area contributed by atoms with Gasteiger partial charge in [0.05, 0.1) is 19.4 Å². The van der Waals surface area contributed by atoms with Gasteiger partial charge < -0.3 is 9.16 Å². The van der Waals surface area contributed by atoms with E-state index >= 15 is 0 Å². The number of ether oxygens (including phenoxy) is 1. The van der Waals surface area contributed by atoms with Gasteiger partial charge in [-0.2, -0.15) is 0 Å². The highest BCUT2D eigenvalue weighted by atomic mass is 28.4. The van der Waals surface area contributed by atoms with Gasteiger partial charge in [0.1, 0.15) is 0 Å². The Balaban J connectivity index is 2.09. The number of hydrogen-bond donors (Lipinski definition) is 0. The molecule has 1 aliphatic rings. The molecule has 4 rings (SSSR count). The maximum atomic E-state index is 6.77. The van der Waals surface area contributed by atoms with E-state index in [1.807, 2.05) is 12.3 Å². The van der Waals surface area contributed by atoms with Gasteiger partial charge in [-0.05, 0) is 40.4 Å². The quantitative estimate of drug-likeness (QED) is 0.504. The molecule has 0 fully saturated rings. The molecular weight excluding hydrogens is 388 g/mol. The first-order valence-corrected chi connectivity index (χ1v) is 12.7. The molecule has 0 amide bonds. The second kappa shape index (κ2) is 7.97. The van der Waals surface area contributed by atoms with Crippen LogP contribution in [0.25, 0.3) is 22.4 Å². The molecule has 0 radical (unpaired) electrons. The van der Waals surface area contributed by atoms with Crippen LogP contribution in [0.3, 0.4) is 0 Å². The molecule has 0 saturated heterocycles. The highest BCUT2D eigenvalue weighted by Crippen LogP contribution is 2.44. The lowest BCUT2D eigenvalue weighted by atomic mass is 9.97. The van der Waals surface area contributed by atoms with Crippen molar-refractivity contribution in [3.8, 4) is 28.3 Å². The fourth-order valence-corrected chi connectivity index (χ4v) is 9.99. The Kier molecular flexibility index (Phi) is 5.51. The molecule has 0 atom stereocenters. The lowest BCUT2D eigenvalue weighted by Gasteiger charge is -2.36. The molecule has 0 aliphatic carbocycles. The molecule has 3 aromatic rings. The Morgan fingerprint density at radius 3 is 2.23 bits per heavy atom. The van der Waals surface area contributed by atoms with E-state index in [1.165, 1.54) is 21.9 Å². The third-order valence-corrected chi connectivity index (χ3v) is 11.7. The van der Waals surface area contributed by atoms with E-state index in [1.54, 1.807) is 7.11 Å². The van der Waals surface area contributed by atoms with Crippen LogP contribution in [0.1, 0.15) is 39.0 Å². The van der Waals surface area contributed by atoms with Crippen LogP contribution in [0.4, 0.5) is 0 Å². The first kappa shape index (κ1) is 20.8. The molecule has 2 aromatic heterocycles. The lowest BCUT2D eigenvalue weighted by Crippen LogP contribution is -2.53. The number of fused-ring (bicyclic) bond motifs is 1. The molecular formula is C25H30N2O2Si. The minimum Gasteiger partial charge on any atom is -0.481 e. The predicted molar refractivity (Wildman–Crippen MR) is 125 cm³/mol. The molecule has 156 valence electrons. The molecule has 30 heavy (non-hydrogen) atoms. The number of aromatic nitrogens is 2. The summed E-state index contributed by atoms with van der Waals surface area (Å²) in [4.78, 5) is 9.55. The number of aryl methyl sites for hydroxylation is 1. The maximum Gasteiger partial charge on any atom is 0.230 e. The Morgan fingerprint density at radius 1 is 0.967 bits per heavy atom. The standard InChI is InChI=1S/C25H30N2O2Si/c1-16(2)30(17(3)4)25-21(15-29-30)18(5)27-24(20-12-13-22(28-6)26-14-20)23(25)19-10-8-7-9-11-19/h7-14,16-17H,15H2,1-6H3. The second-order valence-corrected chi connectivity index (χ2v) is 13.3. The van der Waals surface area contributed by atoms with Crippen LogP contribution in [-0.2, 0) is 11.0 Å². The zero-order valence-corrected chi connectivity index (χ0v) is 19.7. The highest BCUT2D eigenvalue weighted by molar-refractivity contribution is 6.91. The number of benzene rings is 1. The molecule has 0 saturated carbocycles. The van der Waals surface area contributed by atoms with E-state index < -0.39 is 8.32 Å². The summed E-state index contributed by atoms with van der Waals surface area (Å²) < 4.78 is 12.0. The summed E-state index contributed by atoms with van der Waals surface area (Å²) in [6, 6.07) is 14.6. The number of pyridine rings is 2. The van der Waals surface area contributed by atoms with Crippen LogP contribution < -0.4 is 9.92 Å². The highest BCUT2D eigenvalue weighted by Gasteiger charge is 2.51. The van der Waals surface area contributed by atoms with Gasteiger partial charge in [0.25, 0.3) is 0 Å². The average Bonchev–Trinajstić information content (AvgIpc) is 3.17. The molecule has 1 aliphatic heterocycles. The summed E-state index contributed by atoms with van der Waals surface area (Å²) >= 11 is 0. The van der Waals surface area contributed by atoms with Gasteiger partial charge in [-0.1, -0.05) is 58.0 Å². The molecule has 0 N–H and O–H groups in total. The van der Waals surface area contributed by atoms with E-state index in [0.717, 1.165) is 17.0 Å². The van der Waals surface area contributed by atoms with Gasteiger partial charge in [0.2, 0.25) is 14.2 Å². The SMILES string of the molecule is COc1ccc(-c2nc(C)c3c(c2-c2ccccc2)[Si](C(C)C)(C(C)C)OC3)cn1. The van der Waals surface area contributed by atoms with Gasteiger partial charge in [-0.25, -0.2) is 4.98 Å². The fourth-order valence-electron chi connectivity index (χ4n) is 4.93. The van der Waals surface area contributed by atoms with Crippen LogP contribution in [0, 0.1) is 6.92 Å². The lowest BCUT2D eigenvalue weighted by molar-refractivity contribution is 0.299.